The summed E-state index contributed by atoms with van der Waals surface area (Å²) in [7, 11) is 0. The van der Waals surface area contributed by atoms with Crippen molar-refractivity contribution < 1.29 is 9.59 Å². The smallest absolute Gasteiger partial charge is 0.237 e. The van der Waals surface area contributed by atoms with Crippen LogP contribution in [0.2, 0.25) is 10.0 Å². The lowest BCUT2D eigenvalue weighted by Gasteiger charge is -2.50. The Morgan fingerprint density at radius 2 is 1.74 bits per heavy atom. The fraction of sp³-hybridized carbons (Fsp3) is 0.481. The third kappa shape index (κ3) is 4.84. The summed E-state index contributed by atoms with van der Waals surface area (Å²) in [4.78, 5) is 26.8. The minimum absolute atomic E-state index is 0.0598. The molecule has 2 aromatic carbocycles. The van der Waals surface area contributed by atoms with Crippen LogP contribution < -0.4 is 16.0 Å². The summed E-state index contributed by atoms with van der Waals surface area (Å²) in [5, 5.41) is 11.0. The van der Waals surface area contributed by atoms with E-state index in [2.05, 4.69) is 16.0 Å². The maximum absolute atomic E-state index is 14.0. The minimum atomic E-state index is -0.903. The molecular formula is C27H33Cl2N3O2. The van der Waals surface area contributed by atoms with Crippen LogP contribution in [0, 0.1) is 0 Å². The Labute approximate surface area is 212 Å². The maximum atomic E-state index is 14.0. The predicted molar refractivity (Wildman–Crippen MR) is 139 cm³/mol. The lowest BCUT2D eigenvalue weighted by molar-refractivity contribution is -0.127. The van der Waals surface area contributed by atoms with E-state index in [4.69, 9.17) is 23.2 Å². The first-order valence-electron chi connectivity index (χ1n) is 12.0. The number of anilines is 1. The van der Waals surface area contributed by atoms with Crippen molar-refractivity contribution in [2.75, 3.05) is 11.9 Å². The van der Waals surface area contributed by atoms with Gasteiger partial charge in [-0.2, -0.15) is 0 Å². The average molecular weight is 502 g/mol. The topological polar surface area (TPSA) is 70.2 Å². The number of halogens is 2. The van der Waals surface area contributed by atoms with E-state index in [0.29, 0.717) is 16.5 Å². The van der Waals surface area contributed by atoms with Gasteiger partial charge in [-0.15, -0.1) is 0 Å². The third-order valence-electron chi connectivity index (χ3n) is 7.06. The molecule has 1 atom stereocenters. The van der Waals surface area contributed by atoms with Crippen LogP contribution in [0.1, 0.15) is 64.0 Å². The summed E-state index contributed by atoms with van der Waals surface area (Å²) >= 11 is 12.6. The molecule has 1 aliphatic carbocycles. The molecule has 182 valence electrons. The van der Waals surface area contributed by atoms with Gasteiger partial charge in [0.1, 0.15) is 0 Å². The molecule has 0 bridgehead atoms. The lowest BCUT2D eigenvalue weighted by Crippen LogP contribution is -2.66. The van der Waals surface area contributed by atoms with Gasteiger partial charge in [0.05, 0.1) is 12.0 Å². The van der Waals surface area contributed by atoms with Crippen LogP contribution >= 0.6 is 23.2 Å². The summed E-state index contributed by atoms with van der Waals surface area (Å²) in [5.41, 5.74) is 0.825. The van der Waals surface area contributed by atoms with Crippen molar-refractivity contribution in [3.8, 4) is 0 Å². The van der Waals surface area contributed by atoms with E-state index in [9.17, 15) is 9.59 Å². The molecule has 1 unspecified atom stereocenters. The quantitative estimate of drug-likeness (QED) is 0.479. The summed E-state index contributed by atoms with van der Waals surface area (Å²) < 4.78 is 0. The fourth-order valence-corrected chi connectivity index (χ4v) is 6.12. The summed E-state index contributed by atoms with van der Waals surface area (Å²) in [6.45, 7) is 6.04. The van der Waals surface area contributed by atoms with Gasteiger partial charge in [-0.3, -0.25) is 9.59 Å². The van der Waals surface area contributed by atoms with Crippen LogP contribution in [0.4, 0.5) is 5.69 Å². The van der Waals surface area contributed by atoms with Crippen LogP contribution in [0.15, 0.2) is 42.5 Å². The molecule has 5 nitrogen and oxygen atoms in total. The van der Waals surface area contributed by atoms with Crippen LogP contribution in [0.3, 0.4) is 0 Å². The van der Waals surface area contributed by atoms with Crippen LogP contribution in [-0.2, 0) is 21.4 Å². The number of nitrogens with one attached hydrogen (secondary N) is 3. The molecular weight excluding hydrogens is 469 g/mol. The molecule has 0 radical (unpaired) electrons. The highest BCUT2D eigenvalue weighted by atomic mass is 35.5. The molecule has 0 aromatic heterocycles. The largest absolute Gasteiger partial charge is 0.350 e. The fourth-order valence-electron chi connectivity index (χ4n) is 5.74. The number of rotatable bonds is 6. The van der Waals surface area contributed by atoms with Crippen molar-refractivity contribution in [1.82, 2.24) is 10.6 Å². The number of fused-ring (bicyclic) bond motifs is 1. The van der Waals surface area contributed by atoms with Gasteiger partial charge in [0.25, 0.3) is 0 Å². The predicted octanol–water partition coefficient (Wildman–Crippen LogP) is 5.63. The van der Waals surface area contributed by atoms with Gasteiger partial charge in [-0.25, -0.2) is 0 Å². The molecule has 0 spiro atoms. The van der Waals surface area contributed by atoms with Crippen LogP contribution in [-0.4, -0.2) is 29.4 Å². The Bertz CT molecular complexity index is 1090. The van der Waals surface area contributed by atoms with E-state index in [1.807, 2.05) is 63.2 Å². The molecule has 2 amide bonds. The number of carbonyl (C=O) groups excluding carboxylic acids is 2. The van der Waals surface area contributed by atoms with Gasteiger partial charge in [-0.1, -0.05) is 60.7 Å². The number of hydrogen-bond donors (Lipinski definition) is 3. The Balaban J connectivity index is 1.82. The van der Waals surface area contributed by atoms with E-state index in [1.165, 1.54) is 0 Å². The van der Waals surface area contributed by atoms with Crippen LogP contribution in [0.5, 0.6) is 0 Å². The molecule has 7 heteroatoms. The van der Waals surface area contributed by atoms with E-state index in [0.717, 1.165) is 48.9 Å². The Morgan fingerprint density at radius 3 is 2.41 bits per heavy atom. The van der Waals surface area contributed by atoms with Crippen LogP contribution in [0.25, 0.3) is 0 Å². The zero-order chi connectivity index (χ0) is 24.6. The number of hydrogen-bond acceptors (Lipinski definition) is 3. The monoisotopic (exact) mass is 501 g/mol. The zero-order valence-electron chi connectivity index (χ0n) is 20.1. The molecule has 4 rings (SSSR count). The van der Waals surface area contributed by atoms with E-state index >= 15 is 0 Å². The highest BCUT2D eigenvalue weighted by molar-refractivity contribution is 6.31. The summed E-state index contributed by atoms with van der Waals surface area (Å²) in [6.07, 6.45) is 5.16. The maximum Gasteiger partial charge on any atom is 0.237 e. The van der Waals surface area contributed by atoms with Gasteiger partial charge in [0, 0.05) is 26.8 Å². The Morgan fingerprint density at radius 1 is 1.03 bits per heavy atom. The Hall–Kier alpha value is -2.08. The molecule has 0 saturated heterocycles. The normalized spacial score (nSPS) is 21.6. The SMILES string of the molecule is CC(C)(C)NC(=O)CNC1(C2(Cc3cccc(Cl)c3)C(=O)Nc3cc(Cl)ccc32)CCCCC1. The summed E-state index contributed by atoms with van der Waals surface area (Å²) in [5.74, 6) is -0.138. The highest BCUT2D eigenvalue weighted by Gasteiger charge is 2.60. The molecule has 2 aromatic rings. The van der Waals surface area contributed by atoms with Crippen molar-refractivity contribution in [1.29, 1.82) is 0 Å². The second-order valence-electron chi connectivity index (χ2n) is 10.7. The molecule has 1 saturated carbocycles. The second-order valence-corrected chi connectivity index (χ2v) is 11.5. The standard InChI is InChI=1S/C27H33Cl2N3O2/c1-25(2,3)32-23(33)17-30-26(12-5-4-6-13-26)27(16-18-8-7-9-19(28)14-18)21-11-10-20(29)15-22(21)31-24(27)34/h7-11,14-15,30H,4-6,12-13,16-17H2,1-3H3,(H,31,34)(H,32,33). The number of benzene rings is 2. The number of carbonyl (C=O) groups is 2. The molecule has 1 heterocycles. The van der Waals surface area contributed by atoms with Gasteiger partial charge >= 0.3 is 0 Å². The first-order valence-corrected chi connectivity index (χ1v) is 12.7. The van der Waals surface area contributed by atoms with Crippen molar-refractivity contribution in [2.45, 2.75) is 75.8 Å². The highest BCUT2D eigenvalue weighted by Crippen LogP contribution is 2.53. The first kappa shape index (κ1) is 25.0. The van der Waals surface area contributed by atoms with Gasteiger partial charge in [0.15, 0.2) is 0 Å². The van der Waals surface area contributed by atoms with E-state index < -0.39 is 11.0 Å². The van der Waals surface area contributed by atoms with Gasteiger partial charge in [-0.05, 0) is 75.4 Å². The molecule has 1 aliphatic heterocycles. The molecule has 2 aliphatic rings. The molecule has 1 fully saturated rings. The molecule has 3 N–H and O–H groups in total. The molecule has 34 heavy (non-hydrogen) atoms. The van der Waals surface area contributed by atoms with Crippen molar-refractivity contribution >= 4 is 40.7 Å². The van der Waals surface area contributed by atoms with Crippen molar-refractivity contribution in [3.63, 3.8) is 0 Å². The van der Waals surface area contributed by atoms with E-state index in [1.54, 1.807) is 0 Å². The van der Waals surface area contributed by atoms with Crippen molar-refractivity contribution in [3.05, 3.63) is 63.6 Å². The lowest BCUT2D eigenvalue weighted by atomic mass is 9.57. The average Bonchev–Trinajstić information content (AvgIpc) is 3.03. The second kappa shape index (κ2) is 9.52. The third-order valence-corrected chi connectivity index (χ3v) is 7.53. The number of amides is 2. The Kier molecular flexibility index (Phi) is 7.01. The van der Waals surface area contributed by atoms with Gasteiger partial charge < -0.3 is 16.0 Å². The van der Waals surface area contributed by atoms with Gasteiger partial charge in [0.2, 0.25) is 11.8 Å². The minimum Gasteiger partial charge on any atom is -0.350 e. The van der Waals surface area contributed by atoms with E-state index in [-0.39, 0.29) is 23.9 Å². The first-order chi connectivity index (χ1) is 16.0. The summed E-state index contributed by atoms with van der Waals surface area (Å²) in [6, 6.07) is 13.3. The zero-order valence-corrected chi connectivity index (χ0v) is 21.6. The van der Waals surface area contributed by atoms with Crippen molar-refractivity contribution in [2.24, 2.45) is 0 Å².